The van der Waals surface area contributed by atoms with E-state index in [1.165, 1.54) is 38.9 Å². The summed E-state index contributed by atoms with van der Waals surface area (Å²) in [5.41, 5.74) is 2.21. The summed E-state index contributed by atoms with van der Waals surface area (Å²) >= 11 is 3.50. The van der Waals surface area contributed by atoms with Gasteiger partial charge in [-0.3, -0.25) is 4.79 Å². The lowest BCUT2D eigenvalue weighted by atomic mass is 10.1. The Morgan fingerprint density at radius 2 is 1.60 bits per heavy atom. The first-order chi connectivity index (χ1) is 12.2. The number of unbranched alkanes of at least 4 members (excludes halogenated alkanes) is 1. The predicted octanol–water partition coefficient (Wildman–Crippen LogP) is 4.79. The quantitative estimate of drug-likeness (QED) is 0.455. The highest BCUT2D eigenvalue weighted by atomic mass is 79.9. The van der Waals surface area contributed by atoms with Crippen LogP contribution in [0.2, 0.25) is 0 Å². The summed E-state index contributed by atoms with van der Waals surface area (Å²) in [4.78, 5) is 15.4. The molecule has 0 spiro atoms. The lowest BCUT2D eigenvalue weighted by Crippen LogP contribution is -2.20. The number of nitrogens with zero attached hydrogens (tertiary/aromatic N) is 2. The molecule has 0 radical (unpaired) electrons. The average molecular weight is 399 g/mol. The molecular formula is C21H23BrN2O. The van der Waals surface area contributed by atoms with Gasteiger partial charge >= 0.3 is 0 Å². The second-order valence-corrected chi connectivity index (χ2v) is 7.83. The highest BCUT2D eigenvalue weighted by Gasteiger charge is 2.12. The maximum atomic E-state index is 12.9. The number of pyridine rings is 1. The van der Waals surface area contributed by atoms with Gasteiger partial charge in [-0.25, -0.2) is 0 Å². The number of hydrogen-bond acceptors (Lipinski definition) is 2. The Morgan fingerprint density at radius 1 is 0.880 bits per heavy atom. The van der Waals surface area contributed by atoms with Gasteiger partial charge in [0, 0.05) is 21.8 Å². The molecule has 4 heteroatoms. The maximum Gasteiger partial charge on any atom is 0.197 e. The molecular weight excluding hydrogens is 376 g/mol. The predicted molar refractivity (Wildman–Crippen MR) is 108 cm³/mol. The van der Waals surface area contributed by atoms with Gasteiger partial charge in [0.25, 0.3) is 0 Å². The molecule has 3 nitrogen and oxygen atoms in total. The molecule has 0 bridgehead atoms. The molecule has 0 unspecified atom stereocenters. The van der Waals surface area contributed by atoms with Crippen LogP contribution in [0.25, 0.3) is 21.8 Å². The van der Waals surface area contributed by atoms with Crippen molar-refractivity contribution in [3.63, 3.8) is 0 Å². The van der Waals surface area contributed by atoms with Gasteiger partial charge in [-0.05, 0) is 75.6 Å². The van der Waals surface area contributed by atoms with Crippen LogP contribution >= 0.6 is 15.9 Å². The van der Waals surface area contributed by atoms with E-state index >= 15 is 0 Å². The van der Waals surface area contributed by atoms with Gasteiger partial charge in [-0.1, -0.05) is 28.1 Å². The molecule has 1 fully saturated rings. The lowest BCUT2D eigenvalue weighted by Gasteiger charge is -2.17. The van der Waals surface area contributed by atoms with Crippen LogP contribution < -0.4 is 5.43 Å². The van der Waals surface area contributed by atoms with E-state index < -0.39 is 0 Å². The van der Waals surface area contributed by atoms with Crippen molar-refractivity contribution in [2.45, 2.75) is 32.2 Å². The Bertz CT molecular complexity index is 957. The minimum Gasteiger partial charge on any atom is -0.340 e. The van der Waals surface area contributed by atoms with Crippen molar-refractivity contribution in [2.24, 2.45) is 0 Å². The Morgan fingerprint density at radius 3 is 2.44 bits per heavy atom. The van der Waals surface area contributed by atoms with Gasteiger partial charge < -0.3 is 9.47 Å². The van der Waals surface area contributed by atoms with Crippen LogP contribution in [0, 0.1) is 0 Å². The van der Waals surface area contributed by atoms with Crippen molar-refractivity contribution in [1.82, 2.24) is 9.47 Å². The number of likely N-dealkylation sites (tertiary alicyclic amines) is 1. The number of rotatable bonds is 5. The molecule has 2 heterocycles. The molecule has 25 heavy (non-hydrogen) atoms. The zero-order valence-electron chi connectivity index (χ0n) is 14.4. The van der Waals surface area contributed by atoms with Crippen LogP contribution in [0.4, 0.5) is 0 Å². The lowest BCUT2D eigenvalue weighted by molar-refractivity contribution is 0.327. The molecule has 0 N–H and O–H groups in total. The van der Waals surface area contributed by atoms with Crippen molar-refractivity contribution < 1.29 is 0 Å². The first-order valence-corrected chi connectivity index (χ1v) is 9.96. The summed E-state index contributed by atoms with van der Waals surface area (Å²) in [5.74, 6) is 0. The van der Waals surface area contributed by atoms with Crippen molar-refractivity contribution in [1.29, 1.82) is 0 Å². The van der Waals surface area contributed by atoms with E-state index in [1.807, 2.05) is 30.3 Å². The van der Waals surface area contributed by atoms with Gasteiger partial charge in [-0.15, -0.1) is 0 Å². The van der Waals surface area contributed by atoms with Crippen LogP contribution in [0.1, 0.15) is 25.7 Å². The van der Waals surface area contributed by atoms with Gasteiger partial charge in [0.1, 0.15) is 0 Å². The number of benzene rings is 2. The first-order valence-electron chi connectivity index (χ1n) is 9.17. The van der Waals surface area contributed by atoms with Crippen molar-refractivity contribution in [2.75, 3.05) is 19.6 Å². The summed E-state index contributed by atoms with van der Waals surface area (Å²) in [6, 6.07) is 14.0. The molecule has 0 aliphatic carbocycles. The largest absolute Gasteiger partial charge is 0.340 e. The monoisotopic (exact) mass is 398 g/mol. The van der Waals surface area contributed by atoms with Crippen molar-refractivity contribution >= 4 is 37.7 Å². The second-order valence-electron chi connectivity index (χ2n) is 6.92. The standard InChI is InChI=1S/C21H23BrN2O/c22-16-9-10-20-18(15-16)21(25)17-7-1-2-8-19(17)24(20)14-6-5-13-23-11-3-4-12-23/h1-2,7-10,15H,3-6,11-14H2. The first kappa shape index (κ1) is 16.8. The number of aryl methyl sites for hydroxylation is 1. The number of fused-ring (bicyclic) bond motifs is 2. The van der Waals surface area contributed by atoms with Crippen LogP contribution in [0.5, 0.6) is 0 Å². The molecule has 1 aliphatic rings. The highest BCUT2D eigenvalue weighted by Crippen LogP contribution is 2.23. The summed E-state index contributed by atoms with van der Waals surface area (Å²) in [6.45, 7) is 4.67. The third-order valence-electron chi connectivity index (χ3n) is 5.24. The number of hydrogen-bond donors (Lipinski definition) is 0. The fraction of sp³-hybridized carbons (Fsp3) is 0.381. The Kier molecular flexibility index (Phi) is 4.91. The Balaban J connectivity index is 1.67. The van der Waals surface area contributed by atoms with Crippen LogP contribution in [-0.2, 0) is 6.54 Å². The number of halogens is 1. The van der Waals surface area contributed by atoms with E-state index in [-0.39, 0.29) is 5.43 Å². The molecule has 1 aliphatic heterocycles. The van der Waals surface area contributed by atoms with Crippen LogP contribution in [-0.4, -0.2) is 29.1 Å². The molecule has 0 saturated carbocycles. The topological polar surface area (TPSA) is 25.2 Å². The van der Waals surface area contributed by atoms with E-state index in [0.717, 1.165) is 39.2 Å². The Hall–Kier alpha value is -1.65. The zero-order chi connectivity index (χ0) is 17.2. The minimum absolute atomic E-state index is 0.125. The van der Waals surface area contributed by atoms with E-state index in [1.54, 1.807) is 0 Å². The van der Waals surface area contributed by atoms with Gasteiger partial charge in [0.15, 0.2) is 5.43 Å². The third kappa shape index (κ3) is 3.38. The number of para-hydroxylation sites is 1. The van der Waals surface area contributed by atoms with Gasteiger partial charge in [-0.2, -0.15) is 0 Å². The summed E-state index contributed by atoms with van der Waals surface area (Å²) in [5, 5.41) is 1.61. The number of aromatic nitrogens is 1. The average Bonchev–Trinajstić information content (AvgIpc) is 3.15. The SMILES string of the molecule is O=c1c2ccccc2n(CCCCN2CCCC2)c2ccc(Br)cc12. The van der Waals surface area contributed by atoms with Crippen LogP contribution in [0.3, 0.4) is 0 Å². The maximum absolute atomic E-state index is 12.9. The van der Waals surface area contributed by atoms with Crippen molar-refractivity contribution in [3.05, 3.63) is 57.2 Å². The zero-order valence-corrected chi connectivity index (χ0v) is 16.0. The fourth-order valence-electron chi connectivity index (χ4n) is 3.95. The normalized spacial score (nSPS) is 15.4. The highest BCUT2D eigenvalue weighted by molar-refractivity contribution is 9.10. The summed E-state index contributed by atoms with van der Waals surface area (Å²) in [7, 11) is 0. The fourth-order valence-corrected chi connectivity index (χ4v) is 4.31. The molecule has 3 aromatic rings. The van der Waals surface area contributed by atoms with E-state index in [0.29, 0.717) is 0 Å². The minimum atomic E-state index is 0.125. The Labute approximate surface area is 156 Å². The summed E-state index contributed by atoms with van der Waals surface area (Å²) in [6.07, 6.45) is 5.04. The smallest absolute Gasteiger partial charge is 0.197 e. The van der Waals surface area contributed by atoms with Gasteiger partial charge in [0.2, 0.25) is 0 Å². The second kappa shape index (κ2) is 7.30. The van der Waals surface area contributed by atoms with Crippen molar-refractivity contribution in [3.8, 4) is 0 Å². The summed E-state index contributed by atoms with van der Waals surface area (Å²) < 4.78 is 3.27. The van der Waals surface area contributed by atoms with E-state index in [9.17, 15) is 4.79 Å². The molecule has 0 atom stereocenters. The van der Waals surface area contributed by atoms with Crippen LogP contribution in [0.15, 0.2) is 51.7 Å². The molecule has 4 rings (SSSR count). The molecule has 2 aromatic carbocycles. The molecule has 1 aromatic heterocycles. The molecule has 130 valence electrons. The van der Waals surface area contributed by atoms with Gasteiger partial charge in [0.05, 0.1) is 11.0 Å². The molecule has 0 amide bonds. The molecule has 1 saturated heterocycles. The third-order valence-corrected chi connectivity index (χ3v) is 5.73. The van der Waals surface area contributed by atoms with E-state index in [2.05, 4.69) is 37.5 Å². The van der Waals surface area contributed by atoms with E-state index in [4.69, 9.17) is 0 Å².